The largest absolute Gasteiger partial charge is 0.368 e. The van der Waals surface area contributed by atoms with Crippen LogP contribution in [0, 0.1) is 6.92 Å². The number of aryl methyl sites for hydroxylation is 1. The van der Waals surface area contributed by atoms with Gasteiger partial charge in [-0.1, -0.05) is 0 Å². The lowest BCUT2D eigenvalue weighted by atomic mass is 10.3. The second-order valence-electron chi connectivity index (χ2n) is 3.30. The molecule has 2 heterocycles. The van der Waals surface area contributed by atoms with Crippen molar-refractivity contribution in [3.8, 4) is 10.4 Å². The summed E-state index contributed by atoms with van der Waals surface area (Å²) in [5, 5.41) is 4.06. The molecule has 0 saturated heterocycles. The van der Waals surface area contributed by atoms with Gasteiger partial charge in [0, 0.05) is 21.5 Å². The van der Waals surface area contributed by atoms with Crippen LogP contribution in [0.15, 0.2) is 24.5 Å². The second kappa shape index (κ2) is 3.86. The van der Waals surface area contributed by atoms with Crippen LogP contribution in [0.4, 0.5) is 0 Å². The van der Waals surface area contributed by atoms with Gasteiger partial charge in [-0.25, -0.2) is 0 Å². The van der Waals surface area contributed by atoms with Gasteiger partial charge in [0.05, 0.1) is 6.20 Å². The van der Waals surface area contributed by atoms with Crippen LogP contribution >= 0.6 is 11.3 Å². The molecule has 0 aliphatic carbocycles. The van der Waals surface area contributed by atoms with Gasteiger partial charge in [-0.3, -0.25) is 9.48 Å². The Labute approximate surface area is 91.3 Å². The van der Waals surface area contributed by atoms with Gasteiger partial charge in [0.2, 0.25) is 5.91 Å². The molecular weight excluding hydrogens is 210 g/mol. The maximum Gasteiger partial charge on any atom is 0.239 e. The van der Waals surface area contributed by atoms with E-state index in [1.807, 2.05) is 12.3 Å². The highest BCUT2D eigenvalue weighted by Crippen LogP contribution is 2.26. The van der Waals surface area contributed by atoms with E-state index in [-0.39, 0.29) is 12.5 Å². The number of aromatic nitrogens is 2. The zero-order valence-corrected chi connectivity index (χ0v) is 9.12. The molecule has 1 amide bonds. The summed E-state index contributed by atoms with van der Waals surface area (Å²) in [6.07, 6.45) is 3.57. The molecule has 0 atom stereocenters. The molecule has 0 saturated carbocycles. The molecule has 0 unspecified atom stereocenters. The lowest BCUT2D eigenvalue weighted by molar-refractivity contribution is -0.118. The van der Waals surface area contributed by atoms with Gasteiger partial charge in [0.1, 0.15) is 6.54 Å². The molecule has 0 aliphatic heterocycles. The van der Waals surface area contributed by atoms with E-state index in [0.717, 1.165) is 10.4 Å². The maximum atomic E-state index is 10.7. The molecule has 2 rings (SSSR count). The highest BCUT2D eigenvalue weighted by molar-refractivity contribution is 7.15. The maximum absolute atomic E-state index is 10.7. The fourth-order valence-electron chi connectivity index (χ4n) is 1.33. The summed E-state index contributed by atoms with van der Waals surface area (Å²) < 4.78 is 1.55. The van der Waals surface area contributed by atoms with Crippen molar-refractivity contribution in [1.29, 1.82) is 0 Å². The Morgan fingerprint density at radius 3 is 3.00 bits per heavy atom. The number of primary amides is 1. The number of hydrogen-bond acceptors (Lipinski definition) is 3. The van der Waals surface area contributed by atoms with Gasteiger partial charge in [0.15, 0.2) is 0 Å². The zero-order chi connectivity index (χ0) is 10.8. The lowest BCUT2D eigenvalue weighted by Crippen LogP contribution is -2.18. The molecular formula is C10H11N3OS. The van der Waals surface area contributed by atoms with E-state index in [0.29, 0.717) is 0 Å². The summed E-state index contributed by atoms with van der Waals surface area (Å²) in [5.74, 6) is -0.382. The number of thiophene rings is 1. The summed E-state index contributed by atoms with van der Waals surface area (Å²) in [7, 11) is 0. The first kappa shape index (κ1) is 9.92. The minimum atomic E-state index is -0.382. The Morgan fingerprint density at radius 2 is 2.40 bits per heavy atom. The van der Waals surface area contributed by atoms with Crippen LogP contribution in [-0.4, -0.2) is 15.7 Å². The van der Waals surface area contributed by atoms with E-state index in [2.05, 4.69) is 18.1 Å². The van der Waals surface area contributed by atoms with Gasteiger partial charge in [-0.05, 0) is 19.1 Å². The third kappa shape index (κ3) is 2.24. The highest BCUT2D eigenvalue weighted by Gasteiger charge is 2.05. The van der Waals surface area contributed by atoms with Crippen LogP contribution in [0.25, 0.3) is 10.4 Å². The second-order valence-corrected chi connectivity index (χ2v) is 4.59. The third-order valence-corrected chi connectivity index (χ3v) is 3.03. The van der Waals surface area contributed by atoms with E-state index in [1.54, 1.807) is 22.2 Å². The first-order chi connectivity index (χ1) is 7.15. The molecule has 15 heavy (non-hydrogen) atoms. The number of carbonyl (C=O) groups excluding carboxylic acids is 1. The van der Waals surface area contributed by atoms with E-state index in [9.17, 15) is 4.79 Å². The van der Waals surface area contributed by atoms with Crippen molar-refractivity contribution < 1.29 is 4.79 Å². The van der Waals surface area contributed by atoms with Crippen LogP contribution in [0.1, 0.15) is 4.88 Å². The Balaban J connectivity index is 2.23. The monoisotopic (exact) mass is 221 g/mol. The molecule has 2 aromatic rings. The molecule has 4 nitrogen and oxygen atoms in total. The van der Waals surface area contributed by atoms with E-state index < -0.39 is 0 Å². The highest BCUT2D eigenvalue weighted by atomic mass is 32.1. The topological polar surface area (TPSA) is 60.9 Å². The van der Waals surface area contributed by atoms with Crippen molar-refractivity contribution in [2.24, 2.45) is 5.73 Å². The predicted octanol–water partition coefficient (Wildman–Crippen LogP) is 1.41. The van der Waals surface area contributed by atoms with Crippen LogP contribution in [0.5, 0.6) is 0 Å². The van der Waals surface area contributed by atoms with E-state index in [4.69, 9.17) is 5.73 Å². The fourth-order valence-corrected chi connectivity index (χ4v) is 2.17. The van der Waals surface area contributed by atoms with Crippen LogP contribution in [0.3, 0.4) is 0 Å². The predicted molar refractivity (Wildman–Crippen MR) is 59.5 cm³/mol. The number of nitrogens with two attached hydrogens (primary N) is 1. The summed E-state index contributed by atoms with van der Waals surface area (Å²) in [6, 6.07) is 4.11. The number of carbonyl (C=O) groups is 1. The first-order valence-electron chi connectivity index (χ1n) is 4.53. The summed E-state index contributed by atoms with van der Waals surface area (Å²) in [4.78, 5) is 13.1. The van der Waals surface area contributed by atoms with Gasteiger partial charge < -0.3 is 5.73 Å². The van der Waals surface area contributed by atoms with E-state index in [1.165, 1.54) is 4.88 Å². The van der Waals surface area contributed by atoms with Crippen molar-refractivity contribution in [3.63, 3.8) is 0 Å². The van der Waals surface area contributed by atoms with Crippen molar-refractivity contribution >= 4 is 17.2 Å². The van der Waals surface area contributed by atoms with Gasteiger partial charge >= 0.3 is 0 Å². The smallest absolute Gasteiger partial charge is 0.239 e. The molecule has 0 fully saturated rings. The molecule has 78 valence electrons. The van der Waals surface area contributed by atoms with Crippen LogP contribution < -0.4 is 5.73 Å². The van der Waals surface area contributed by atoms with Gasteiger partial charge in [-0.2, -0.15) is 5.10 Å². The third-order valence-electron chi connectivity index (χ3n) is 1.98. The lowest BCUT2D eigenvalue weighted by Gasteiger charge is -1.94. The number of amides is 1. The Morgan fingerprint density at radius 1 is 1.60 bits per heavy atom. The number of nitrogens with zero attached hydrogens (tertiary/aromatic N) is 2. The quantitative estimate of drug-likeness (QED) is 0.851. The van der Waals surface area contributed by atoms with Gasteiger partial charge in [0.25, 0.3) is 0 Å². The average molecular weight is 221 g/mol. The normalized spacial score (nSPS) is 10.5. The molecule has 0 aliphatic rings. The van der Waals surface area contributed by atoms with Crippen LogP contribution in [-0.2, 0) is 11.3 Å². The molecule has 0 aromatic carbocycles. The van der Waals surface area contributed by atoms with Crippen molar-refractivity contribution in [1.82, 2.24) is 9.78 Å². The molecule has 2 aromatic heterocycles. The number of rotatable bonds is 3. The molecule has 2 N–H and O–H groups in total. The Hall–Kier alpha value is -1.62. The van der Waals surface area contributed by atoms with Crippen molar-refractivity contribution in [2.45, 2.75) is 13.5 Å². The molecule has 5 heteroatoms. The number of hydrogen-bond donors (Lipinski definition) is 1. The summed E-state index contributed by atoms with van der Waals surface area (Å²) in [5.41, 5.74) is 6.10. The zero-order valence-electron chi connectivity index (χ0n) is 8.30. The fraction of sp³-hybridized carbons (Fsp3) is 0.200. The SMILES string of the molecule is Cc1ccc(-c2cnn(CC(N)=O)c2)s1. The first-order valence-corrected chi connectivity index (χ1v) is 5.34. The molecule has 0 bridgehead atoms. The average Bonchev–Trinajstić information content (AvgIpc) is 2.72. The minimum Gasteiger partial charge on any atom is -0.368 e. The van der Waals surface area contributed by atoms with E-state index >= 15 is 0 Å². The molecule has 0 spiro atoms. The minimum absolute atomic E-state index is 0.129. The Bertz CT molecular complexity index is 486. The van der Waals surface area contributed by atoms with Crippen molar-refractivity contribution in [2.75, 3.05) is 0 Å². The standard InChI is InChI=1S/C10H11N3OS/c1-7-2-3-9(15-7)8-4-12-13(5-8)6-10(11)14/h2-5H,6H2,1H3,(H2,11,14). The Kier molecular flexibility index (Phi) is 2.55. The summed E-state index contributed by atoms with van der Waals surface area (Å²) in [6.45, 7) is 2.19. The van der Waals surface area contributed by atoms with Gasteiger partial charge in [-0.15, -0.1) is 11.3 Å². The summed E-state index contributed by atoms with van der Waals surface area (Å²) >= 11 is 1.70. The molecule has 0 radical (unpaired) electrons. The van der Waals surface area contributed by atoms with Crippen LogP contribution in [0.2, 0.25) is 0 Å². The van der Waals surface area contributed by atoms with Crippen molar-refractivity contribution in [3.05, 3.63) is 29.4 Å².